The molecule has 0 bridgehead atoms. The third-order valence-corrected chi connectivity index (χ3v) is 5.35. The van der Waals surface area contributed by atoms with Crippen molar-refractivity contribution in [3.63, 3.8) is 0 Å². The van der Waals surface area contributed by atoms with E-state index >= 15 is 0 Å². The highest BCUT2D eigenvalue weighted by Crippen LogP contribution is 2.34. The summed E-state index contributed by atoms with van der Waals surface area (Å²) in [6, 6.07) is 9.48. The molecule has 28 heavy (non-hydrogen) atoms. The number of hydrogen-bond acceptors (Lipinski definition) is 4. The number of methoxy groups -OCH3 is 1. The maximum atomic E-state index is 12.7. The number of aromatic hydroxyl groups is 1. The summed E-state index contributed by atoms with van der Waals surface area (Å²) in [7, 11) is 1.43. The topological polar surface area (TPSA) is 78.9 Å². The van der Waals surface area contributed by atoms with E-state index in [9.17, 15) is 14.7 Å². The van der Waals surface area contributed by atoms with E-state index in [1.165, 1.54) is 13.2 Å². The maximum absolute atomic E-state index is 12.7. The number of benzene rings is 2. The molecule has 0 spiro atoms. The minimum Gasteiger partial charge on any atom is -0.507 e. The quantitative estimate of drug-likeness (QED) is 0.786. The first-order chi connectivity index (χ1) is 13.4. The minimum absolute atomic E-state index is 0.0365. The average Bonchev–Trinajstić information content (AvgIpc) is 2.69. The molecule has 0 atom stereocenters. The molecule has 1 aliphatic heterocycles. The summed E-state index contributed by atoms with van der Waals surface area (Å²) in [4.78, 5) is 26.9. The molecule has 8 heteroatoms. The van der Waals surface area contributed by atoms with Gasteiger partial charge in [-0.1, -0.05) is 35.3 Å². The Hall–Kier alpha value is -2.44. The molecule has 3 rings (SSSR count). The van der Waals surface area contributed by atoms with Crippen LogP contribution in [-0.2, 0) is 0 Å². The van der Waals surface area contributed by atoms with Crippen molar-refractivity contribution in [2.45, 2.75) is 18.9 Å². The molecule has 0 aromatic heterocycles. The third-order valence-electron chi connectivity index (χ3n) is 4.74. The van der Waals surface area contributed by atoms with E-state index < -0.39 is 0 Å². The summed E-state index contributed by atoms with van der Waals surface area (Å²) in [5, 5.41) is 13.4. The third kappa shape index (κ3) is 4.18. The Bertz CT molecular complexity index is 896. The molecule has 2 N–H and O–H groups in total. The molecule has 2 aromatic carbocycles. The second-order valence-corrected chi connectivity index (χ2v) is 7.31. The summed E-state index contributed by atoms with van der Waals surface area (Å²) < 4.78 is 5.22. The predicted molar refractivity (Wildman–Crippen MR) is 108 cm³/mol. The van der Waals surface area contributed by atoms with Gasteiger partial charge in [-0.15, -0.1) is 0 Å². The van der Waals surface area contributed by atoms with Crippen molar-refractivity contribution in [1.29, 1.82) is 0 Å². The normalized spacial score (nSPS) is 14.6. The van der Waals surface area contributed by atoms with Crippen LogP contribution in [0, 0.1) is 0 Å². The molecule has 6 nitrogen and oxygen atoms in total. The Labute approximate surface area is 173 Å². The molecule has 1 heterocycles. The van der Waals surface area contributed by atoms with E-state index in [1.807, 2.05) is 0 Å². The number of nitrogens with one attached hydrogen (secondary N) is 1. The lowest BCUT2D eigenvalue weighted by atomic mass is 10.0. The van der Waals surface area contributed by atoms with E-state index in [2.05, 4.69) is 5.32 Å². The van der Waals surface area contributed by atoms with Gasteiger partial charge in [-0.25, -0.2) is 0 Å². The van der Waals surface area contributed by atoms with Crippen molar-refractivity contribution in [1.82, 2.24) is 10.2 Å². The second kappa shape index (κ2) is 8.71. The van der Waals surface area contributed by atoms with Gasteiger partial charge in [-0.2, -0.15) is 0 Å². The molecule has 2 amide bonds. The second-order valence-electron chi connectivity index (χ2n) is 6.49. The van der Waals surface area contributed by atoms with Crippen LogP contribution in [0.1, 0.15) is 33.6 Å². The fourth-order valence-electron chi connectivity index (χ4n) is 3.25. The standard InChI is InChI=1S/C20H20Cl2N2O4/c1-28-18-15(22)7-6-14(21)17(18)19(26)23-12-8-10-24(11-9-12)20(27)13-4-2-3-5-16(13)25/h2-7,12,25H,8-11H2,1H3,(H,23,26). The van der Waals surface area contributed by atoms with Crippen molar-refractivity contribution in [3.05, 3.63) is 57.6 Å². The van der Waals surface area contributed by atoms with E-state index in [0.717, 1.165) is 0 Å². The number of para-hydroxylation sites is 1. The SMILES string of the molecule is COc1c(Cl)ccc(Cl)c1C(=O)NC1CCN(C(=O)c2ccccc2O)CC1. The van der Waals surface area contributed by atoms with Crippen molar-refractivity contribution >= 4 is 35.0 Å². The van der Waals surface area contributed by atoms with Crippen LogP contribution < -0.4 is 10.1 Å². The van der Waals surface area contributed by atoms with Gasteiger partial charge in [0, 0.05) is 19.1 Å². The van der Waals surface area contributed by atoms with Gasteiger partial charge in [0.05, 0.1) is 22.7 Å². The molecule has 1 aliphatic rings. The summed E-state index contributed by atoms with van der Waals surface area (Å²) >= 11 is 12.2. The Morgan fingerprint density at radius 1 is 1.11 bits per heavy atom. The highest BCUT2D eigenvalue weighted by Gasteiger charge is 2.27. The van der Waals surface area contributed by atoms with Crippen LogP contribution in [0.4, 0.5) is 0 Å². The first kappa shape index (κ1) is 20.3. The van der Waals surface area contributed by atoms with Crippen molar-refractivity contribution in [3.8, 4) is 11.5 Å². The van der Waals surface area contributed by atoms with Gasteiger partial charge < -0.3 is 20.1 Å². The summed E-state index contributed by atoms with van der Waals surface area (Å²) in [6.45, 7) is 0.942. The molecule has 1 fully saturated rings. The number of likely N-dealkylation sites (tertiary alicyclic amines) is 1. The van der Waals surface area contributed by atoms with Gasteiger partial charge in [0.25, 0.3) is 11.8 Å². The molecule has 0 saturated carbocycles. The molecular weight excluding hydrogens is 403 g/mol. The number of amides is 2. The smallest absolute Gasteiger partial charge is 0.257 e. The number of hydrogen-bond donors (Lipinski definition) is 2. The molecular formula is C20H20Cl2N2O4. The minimum atomic E-state index is -0.366. The largest absolute Gasteiger partial charge is 0.507 e. The predicted octanol–water partition coefficient (Wildman–Crippen LogP) is 3.74. The monoisotopic (exact) mass is 422 g/mol. The number of ether oxygens (including phenoxy) is 1. The van der Waals surface area contributed by atoms with Crippen LogP contribution in [0.5, 0.6) is 11.5 Å². The van der Waals surface area contributed by atoms with Gasteiger partial charge >= 0.3 is 0 Å². The van der Waals surface area contributed by atoms with Crippen LogP contribution in [0.3, 0.4) is 0 Å². The van der Waals surface area contributed by atoms with E-state index in [-0.39, 0.29) is 45.5 Å². The molecule has 1 saturated heterocycles. The van der Waals surface area contributed by atoms with Gasteiger partial charge in [0.15, 0.2) is 5.75 Å². The van der Waals surface area contributed by atoms with Gasteiger partial charge in [0.2, 0.25) is 0 Å². The lowest BCUT2D eigenvalue weighted by Crippen LogP contribution is -2.46. The zero-order valence-corrected chi connectivity index (χ0v) is 16.8. The highest BCUT2D eigenvalue weighted by molar-refractivity contribution is 6.37. The average molecular weight is 423 g/mol. The van der Waals surface area contributed by atoms with Crippen LogP contribution in [0.15, 0.2) is 36.4 Å². The van der Waals surface area contributed by atoms with Gasteiger partial charge in [0.1, 0.15) is 11.3 Å². The maximum Gasteiger partial charge on any atom is 0.257 e. The molecule has 148 valence electrons. The number of carbonyl (C=O) groups excluding carboxylic acids is 2. The van der Waals surface area contributed by atoms with Crippen molar-refractivity contribution in [2.75, 3.05) is 20.2 Å². The number of rotatable bonds is 4. The number of phenolic OH excluding ortho intramolecular Hbond substituents is 1. The van der Waals surface area contributed by atoms with Crippen LogP contribution in [0.2, 0.25) is 10.0 Å². The van der Waals surface area contributed by atoms with Crippen LogP contribution in [0.25, 0.3) is 0 Å². The Kier molecular flexibility index (Phi) is 6.31. The number of phenols is 1. The number of piperidine rings is 1. The lowest BCUT2D eigenvalue weighted by Gasteiger charge is -2.32. The number of carbonyl (C=O) groups is 2. The first-order valence-corrected chi connectivity index (χ1v) is 9.58. The molecule has 2 aromatic rings. The molecule has 0 radical (unpaired) electrons. The number of halogens is 2. The van der Waals surface area contributed by atoms with Gasteiger partial charge in [-0.05, 0) is 37.1 Å². The summed E-state index contributed by atoms with van der Waals surface area (Å²) in [5.74, 6) is -0.387. The summed E-state index contributed by atoms with van der Waals surface area (Å²) in [5.41, 5.74) is 0.477. The first-order valence-electron chi connectivity index (χ1n) is 8.82. The Morgan fingerprint density at radius 3 is 2.39 bits per heavy atom. The fraction of sp³-hybridized carbons (Fsp3) is 0.300. The molecule has 0 aliphatic carbocycles. The highest BCUT2D eigenvalue weighted by atomic mass is 35.5. The summed E-state index contributed by atoms with van der Waals surface area (Å²) in [6.07, 6.45) is 1.18. The van der Waals surface area contributed by atoms with Crippen LogP contribution in [-0.4, -0.2) is 48.1 Å². The fourth-order valence-corrected chi connectivity index (χ4v) is 3.72. The zero-order valence-electron chi connectivity index (χ0n) is 15.2. The van der Waals surface area contributed by atoms with E-state index in [1.54, 1.807) is 35.2 Å². The zero-order chi connectivity index (χ0) is 20.3. The Balaban J connectivity index is 1.64. The van der Waals surface area contributed by atoms with Crippen LogP contribution >= 0.6 is 23.2 Å². The number of nitrogens with zero attached hydrogens (tertiary/aromatic N) is 1. The van der Waals surface area contributed by atoms with E-state index in [0.29, 0.717) is 31.0 Å². The Morgan fingerprint density at radius 2 is 1.75 bits per heavy atom. The van der Waals surface area contributed by atoms with Gasteiger partial charge in [-0.3, -0.25) is 9.59 Å². The lowest BCUT2D eigenvalue weighted by molar-refractivity contribution is 0.0695. The van der Waals surface area contributed by atoms with Crippen molar-refractivity contribution in [2.24, 2.45) is 0 Å². The molecule has 0 unspecified atom stereocenters. The van der Waals surface area contributed by atoms with E-state index in [4.69, 9.17) is 27.9 Å². The van der Waals surface area contributed by atoms with Crippen molar-refractivity contribution < 1.29 is 19.4 Å².